The Kier molecular flexibility index (Phi) is 4.93. The summed E-state index contributed by atoms with van der Waals surface area (Å²) in [6.45, 7) is 4.28. The fourth-order valence-corrected chi connectivity index (χ4v) is 2.62. The van der Waals surface area contributed by atoms with Crippen LogP contribution in [0.15, 0.2) is 42.5 Å². The number of hydrogen-bond donors (Lipinski definition) is 2. The molecule has 0 fully saturated rings. The van der Waals surface area contributed by atoms with Gasteiger partial charge in [0, 0.05) is 11.3 Å². The van der Waals surface area contributed by atoms with Gasteiger partial charge in [-0.1, -0.05) is 68.5 Å². The minimum Gasteiger partial charge on any atom is -0.481 e. The molecule has 22 heavy (non-hydrogen) atoms. The highest BCUT2D eigenvalue weighted by atomic mass is 32.1. The normalized spacial score (nSPS) is 10.7. The molecule has 0 radical (unpaired) electrons. The van der Waals surface area contributed by atoms with Crippen LogP contribution in [0, 0.1) is 0 Å². The van der Waals surface area contributed by atoms with Gasteiger partial charge in [-0.05, 0) is 22.6 Å². The number of carboxylic acid groups (broad SMARTS) is 1. The van der Waals surface area contributed by atoms with Crippen LogP contribution in [0.25, 0.3) is 0 Å². The minimum absolute atomic E-state index is 0.103. The molecule has 114 valence electrons. The summed E-state index contributed by atoms with van der Waals surface area (Å²) in [5, 5.41) is 8.93. The molecule has 0 spiro atoms. The van der Waals surface area contributed by atoms with Crippen molar-refractivity contribution in [2.75, 3.05) is 5.73 Å². The molecule has 0 saturated heterocycles. The van der Waals surface area contributed by atoms with E-state index in [1.54, 1.807) is 12.1 Å². The summed E-state index contributed by atoms with van der Waals surface area (Å²) >= 11 is 5.53. The van der Waals surface area contributed by atoms with Crippen LogP contribution in [0.1, 0.15) is 42.0 Å². The van der Waals surface area contributed by atoms with E-state index < -0.39 is 5.97 Å². The summed E-state index contributed by atoms with van der Waals surface area (Å²) in [6.07, 6.45) is -0.103. The molecule has 3 N–H and O–H groups in total. The Bertz CT molecular complexity index is 706. The largest absolute Gasteiger partial charge is 0.481 e. The first kappa shape index (κ1) is 16.2. The molecule has 2 aromatic rings. The molecule has 0 atom stereocenters. The first-order chi connectivity index (χ1) is 10.4. The Hall–Kier alpha value is -2.20. The Morgan fingerprint density at radius 1 is 1.18 bits per heavy atom. The zero-order chi connectivity index (χ0) is 16.3. The molecule has 3 nitrogen and oxygen atoms in total. The number of thiocarbonyl (C=S) groups is 1. The van der Waals surface area contributed by atoms with Crippen molar-refractivity contribution < 1.29 is 9.90 Å². The maximum absolute atomic E-state index is 10.9. The number of nitrogen functional groups attached to an aromatic ring is 1. The van der Waals surface area contributed by atoms with Crippen molar-refractivity contribution in [3.63, 3.8) is 0 Å². The third-order valence-corrected chi connectivity index (χ3v) is 4.08. The fraction of sp³-hybridized carbons (Fsp3) is 0.222. The molecule has 2 rings (SSSR count). The summed E-state index contributed by atoms with van der Waals surface area (Å²) in [5.41, 5.74) is 10.0. The summed E-state index contributed by atoms with van der Waals surface area (Å²) in [7, 11) is 0. The summed E-state index contributed by atoms with van der Waals surface area (Å²) in [4.78, 5) is 11.5. The van der Waals surface area contributed by atoms with Crippen LogP contribution in [0.4, 0.5) is 5.69 Å². The second kappa shape index (κ2) is 6.71. The lowest BCUT2D eigenvalue weighted by atomic mass is 9.96. The van der Waals surface area contributed by atoms with Gasteiger partial charge in [0.2, 0.25) is 0 Å². The first-order valence-corrected chi connectivity index (χ1v) is 7.54. The van der Waals surface area contributed by atoms with E-state index in [1.165, 1.54) is 5.56 Å². The molecule has 0 heterocycles. The summed E-state index contributed by atoms with van der Waals surface area (Å²) in [5.74, 6) is -0.442. The van der Waals surface area contributed by atoms with E-state index in [1.807, 2.05) is 18.2 Å². The van der Waals surface area contributed by atoms with Crippen molar-refractivity contribution in [1.29, 1.82) is 0 Å². The zero-order valence-electron chi connectivity index (χ0n) is 12.7. The van der Waals surface area contributed by atoms with Gasteiger partial charge < -0.3 is 10.8 Å². The van der Waals surface area contributed by atoms with Gasteiger partial charge in [-0.2, -0.15) is 0 Å². The lowest BCUT2D eigenvalue weighted by molar-refractivity contribution is -0.136. The summed E-state index contributed by atoms with van der Waals surface area (Å²) < 4.78 is 0. The van der Waals surface area contributed by atoms with E-state index in [0.717, 1.165) is 5.56 Å². The number of carbonyl (C=O) groups is 1. The lowest BCUT2D eigenvalue weighted by Gasteiger charge is -2.12. The van der Waals surface area contributed by atoms with Gasteiger partial charge in [-0.25, -0.2) is 0 Å². The maximum Gasteiger partial charge on any atom is 0.307 e. The Labute approximate surface area is 135 Å². The number of hydrogen-bond acceptors (Lipinski definition) is 3. The average molecular weight is 313 g/mol. The van der Waals surface area contributed by atoms with Crippen molar-refractivity contribution >= 4 is 28.7 Å². The van der Waals surface area contributed by atoms with Crippen LogP contribution in [0.5, 0.6) is 0 Å². The van der Waals surface area contributed by atoms with E-state index in [0.29, 0.717) is 27.6 Å². The van der Waals surface area contributed by atoms with Gasteiger partial charge in [-0.15, -0.1) is 0 Å². The number of aliphatic carboxylic acids is 1. The van der Waals surface area contributed by atoms with Crippen LogP contribution >= 0.6 is 12.2 Å². The molecule has 0 aliphatic heterocycles. The molecule has 0 amide bonds. The summed E-state index contributed by atoms with van der Waals surface area (Å²) in [6, 6.07) is 13.4. The maximum atomic E-state index is 10.9. The lowest BCUT2D eigenvalue weighted by Crippen LogP contribution is -2.09. The van der Waals surface area contributed by atoms with Gasteiger partial charge in [0.25, 0.3) is 0 Å². The van der Waals surface area contributed by atoms with E-state index >= 15 is 0 Å². The number of para-hydroxylation sites is 1. The van der Waals surface area contributed by atoms with E-state index in [4.69, 9.17) is 23.1 Å². The highest BCUT2D eigenvalue weighted by Gasteiger charge is 2.13. The number of nitrogens with two attached hydrogens (primary N) is 1. The van der Waals surface area contributed by atoms with Gasteiger partial charge in [0.1, 0.15) is 0 Å². The number of rotatable bonds is 5. The molecule has 2 aromatic carbocycles. The van der Waals surface area contributed by atoms with Gasteiger partial charge >= 0.3 is 5.97 Å². The second-order valence-electron chi connectivity index (χ2n) is 5.55. The Morgan fingerprint density at radius 3 is 2.36 bits per heavy atom. The van der Waals surface area contributed by atoms with E-state index in [-0.39, 0.29) is 6.42 Å². The average Bonchev–Trinajstić information content (AvgIpc) is 2.48. The standard InChI is InChI=1S/C18H19NO2S/c1-11(2)12-6-8-13(9-7-12)18(22)15-5-3-4-14(17(15)19)10-16(20)21/h3-9,11H,10,19H2,1-2H3,(H,20,21). The highest BCUT2D eigenvalue weighted by Crippen LogP contribution is 2.23. The zero-order valence-corrected chi connectivity index (χ0v) is 13.5. The van der Waals surface area contributed by atoms with E-state index in [2.05, 4.69) is 26.0 Å². The first-order valence-electron chi connectivity index (χ1n) is 7.14. The molecular formula is C18H19NO2S. The highest BCUT2D eigenvalue weighted by molar-refractivity contribution is 7.81. The smallest absolute Gasteiger partial charge is 0.307 e. The molecular weight excluding hydrogens is 294 g/mol. The predicted molar refractivity (Wildman–Crippen MR) is 93.5 cm³/mol. The Balaban J connectivity index is 2.35. The molecule has 0 unspecified atom stereocenters. The molecule has 0 aromatic heterocycles. The third-order valence-electron chi connectivity index (χ3n) is 3.62. The van der Waals surface area contributed by atoms with Crippen molar-refractivity contribution in [2.45, 2.75) is 26.2 Å². The third kappa shape index (κ3) is 3.52. The number of anilines is 1. The molecule has 0 aliphatic carbocycles. The van der Waals surface area contributed by atoms with Crippen molar-refractivity contribution in [2.24, 2.45) is 0 Å². The fourth-order valence-electron chi connectivity index (χ4n) is 2.30. The van der Waals surface area contributed by atoms with Crippen molar-refractivity contribution in [3.8, 4) is 0 Å². The van der Waals surface area contributed by atoms with Gasteiger partial charge in [0.05, 0.1) is 11.3 Å². The van der Waals surface area contributed by atoms with Gasteiger partial charge in [0.15, 0.2) is 0 Å². The van der Waals surface area contributed by atoms with E-state index in [9.17, 15) is 4.79 Å². The molecule has 0 bridgehead atoms. The number of carboxylic acids is 1. The Morgan fingerprint density at radius 2 is 1.82 bits per heavy atom. The SMILES string of the molecule is CC(C)c1ccc(C(=S)c2cccc(CC(=O)O)c2N)cc1. The van der Waals surface area contributed by atoms with Crippen LogP contribution in [0.2, 0.25) is 0 Å². The molecule has 4 heteroatoms. The quantitative estimate of drug-likeness (QED) is 0.501. The number of benzene rings is 2. The van der Waals surface area contributed by atoms with Crippen LogP contribution in [0.3, 0.4) is 0 Å². The minimum atomic E-state index is -0.906. The van der Waals surface area contributed by atoms with Crippen LogP contribution < -0.4 is 5.73 Å². The van der Waals surface area contributed by atoms with Crippen LogP contribution in [-0.2, 0) is 11.2 Å². The van der Waals surface area contributed by atoms with Gasteiger partial charge in [-0.3, -0.25) is 4.79 Å². The van der Waals surface area contributed by atoms with Crippen LogP contribution in [-0.4, -0.2) is 15.9 Å². The predicted octanol–water partition coefficient (Wildman–Crippen LogP) is 3.79. The molecule has 0 saturated carbocycles. The monoisotopic (exact) mass is 313 g/mol. The topological polar surface area (TPSA) is 63.3 Å². The molecule has 0 aliphatic rings. The van der Waals surface area contributed by atoms with Crippen molar-refractivity contribution in [1.82, 2.24) is 0 Å². The second-order valence-corrected chi connectivity index (χ2v) is 5.96. The van der Waals surface area contributed by atoms with Crippen molar-refractivity contribution in [3.05, 3.63) is 64.7 Å².